The number of aliphatic imine (C=N–C) groups is 1. The van der Waals surface area contributed by atoms with Crippen LogP contribution < -0.4 is 10.2 Å². The molecule has 4 heteroatoms. The first-order chi connectivity index (χ1) is 30.7. The van der Waals surface area contributed by atoms with Crippen molar-refractivity contribution in [3.8, 4) is 33.5 Å². The molecular weight excluding hydrogens is 753 g/mol. The number of amidine groups is 1. The molecule has 2 aliphatic heterocycles. The van der Waals surface area contributed by atoms with E-state index in [9.17, 15) is 0 Å². The van der Waals surface area contributed by atoms with Gasteiger partial charge in [0.2, 0.25) is 5.84 Å². The van der Waals surface area contributed by atoms with E-state index in [1.54, 1.807) is 0 Å². The van der Waals surface area contributed by atoms with E-state index in [1.165, 1.54) is 61.4 Å². The summed E-state index contributed by atoms with van der Waals surface area (Å²) in [4.78, 5) is 12.8. The Kier molecular flexibility index (Phi) is 8.65. The first-order valence-corrected chi connectivity index (χ1v) is 21.6. The van der Waals surface area contributed by atoms with Crippen LogP contribution in [-0.4, -0.2) is 16.9 Å². The lowest BCUT2D eigenvalue weighted by molar-refractivity contribution is -0.575. The maximum Gasteiger partial charge on any atom is 0.232 e. The number of pyridine rings is 1. The summed E-state index contributed by atoms with van der Waals surface area (Å²) in [5.41, 5.74) is 18.1. The normalized spacial score (nSPS) is 17.7. The van der Waals surface area contributed by atoms with Crippen LogP contribution in [0, 0.1) is 5.92 Å². The number of fused-ring (bicyclic) bond motifs is 9. The average molecular weight is 796 g/mol. The number of allylic oxidation sites excluding steroid dienone is 3. The van der Waals surface area contributed by atoms with Gasteiger partial charge in [-0.05, 0) is 112 Å². The predicted octanol–water partition coefficient (Wildman–Crippen LogP) is 12.4. The monoisotopic (exact) mass is 795 g/mol. The number of nitrogens with zero attached hydrogens (tertiary/aromatic N) is 3. The van der Waals surface area contributed by atoms with Gasteiger partial charge in [-0.25, -0.2) is 0 Å². The standard InChI is InChI=1S/C58H42N4/c1-4-17-39(18-5-1)52-38-53(61-57(60-52)40-19-6-2-7-20-40)45-24-15-23-43(36-45)41-21-14-22-42(35-41)44-32-33-47-51(37-44)58(50-29-16-34-59-56(47)50)48-27-10-12-30-54(48)62(46-25-8-3-9-26-46)55-31-13-11-28-49(55)58/h1-17,19-39,52H,18H2,(H,60,61)/p+1. The van der Waals surface area contributed by atoms with Crippen LogP contribution in [0.5, 0.6) is 0 Å². The van der Waals surface area contributed by atoms with Crippen LogP contribution in [0.2, 0.25) is 0 Å². The molecule has 4 nitrogen and oxygen atoms in total. The molecule has 2 unspecified atom stereocenters. The highest BCUT2D eigenvalue weighted by molar-refractivity contribution is 5.97. The van der Waals surface area contributed by atoms with Crippen LogP contribution in [0.3, 0.4) is 0 Å². The third-order valence-electron chi connectivity index (χ3n) is 13.2. The summed E-state index contributed by atoms with van der Waals surface area (Å²) >= 11 is 0. The minimum Gasteiger partial charge on any atom is -0.310 e. The van der Waals surface area contributed by atoms with Crippen molar-refractivity contribution >= 4 is 28.6 Å². The Morgan fingerprint density at radius 1 is 0.516 bits per heavy atom. The van der Waals surface area contributed by atoms with E-state index in [1.807, 2.05) is 6.20 Å². The summed E-state index contributed by atoms with van der Waals surface area (Å²) in [6, 6.07) is 68.8. The van der Waals surface area contributed by atoms with Crippen molar-refractivity contribution in [2.24, 2.45) is 10.9 Å². The van der Waals surface area contributed by atoms with Gasteiger partial charge in [0.1, 0.15) is 6.04 Å². The number of nitrogens with two attached hydrogens (primary N) is 1. The second kappa shape index (κ2) is 14.8. The van der Waals surface area contributed by atoms with E-state index in [2.05, 4.69) is 229 Å². The highest BCUT2D eigenvalue weighted by Gasteiger charge is 2.52. The SMILES string of the molecule is C1=CCC(C2C=C(c3cccc(-c4cccc(-c5ccc6c(c5)C5(c7ccccc7N(c7ccccc7)c7ccccc75)c5cccnc5-6)c4)c3)N=C(c3ccccc3)[NH2+]2)C=C1. The third-order valence-corrected chi connectivity index (χ3v) is 13.2. The molecule has 4 aliphatic rings. The maximum absolute atomic E-state index is 5.29. The van der Waals surface area contributed by atoms with Crippen molar-refractivity contribution in [3.63, 3.8) is 0 Å². The fourth-order valence-electron chi connectivity index (χ4n) is 10.4. The molecule has 0 bridgehead atoms. The molecule has 3 heterocycles. The van der Waals surface area contributed by atoms with Crippen molar-refractivity contribution < 1.29 is 5.32 Å². The van der Waals surface area contributed by atoms with Crippen LogP contribution in [0.15, 0.2) is 230 Å². The molecule has 2 atom stereocenters. The largest absolute Gasteiger partial charge is 0.310 e. The number of hydrogen-bond acceptors (Lipinski definition) is 3. The Morgan fingerprint density at radius 2 is 1.13 bits per heavy atom. The van der Waals surface area contributed by atoms with Crippen molar-refractivity contribution in [1.29, 1.82) is 0 Å². The quantitative estimate of drug-likeness (QED) is 0.182. The molecule has 0 saturated carbocycles. The van der Waals surface area contributed by atoms with Crippen LogP contribution in [0.25, 0.3) is 39.2 Å². The van der Waals surface area contributed by atoms with Gasteiger partial charge in [-0.1, -0.05) is 152 Å². The molecule has 0 radical (unpaired) electrons. The first-order valence-electron chi connectivity index (χ1n) is 21.6. The number of para-hydroxylation sites is 3. The Hall–Kier alpha value is -7.66. The Labute approximate surface area is 362 Å². The second-order valence-corrected chi connectivity index (χ2v) is 16.6. The zero-order chi connectivity index (χ0) is 41.0. The lowest BCUT2D eigenvalue weighted by Crippen LogP contribution is -2.95. The molecule has 62 heavy (non-hydrogen) atoms. The van der Waals surface area contributed by atoms with E-state index >= 15 is 0 Å². The van der Waals surface area contributed by atoms with Gasteiger partial charge in [-0.3, -0.25) is 10.3 Å². The zero-order valence-electron chi connectivity index (χ0n) is 34.1. The van der Waals surface area contributed by atoms with Gasteiger partial charge in [-0.2, -0.15) is 4.99 Å². The first kappa shape index (κ1) is 36.2. The van der Waals surface area contributed by atoms with Crippen LogP contribution in [0.4, 0.5) is 17.1 Å². The van der Waals surface area contributed by atoms with E-state index in [4.69, 9.17) is 9.98 Å². The number of rotatable bonds is 6. The predicted molar refractivity (Wildman–Crippen MR) is 254 cm³/mol. The molecule has 2 N–H and O–H groups in total. The van der Waals surface area contributed by atoms with Crippen molar-refractivity contribution in [3.05, 3.63) is 258 Å². The molecule has 1 spiro atoms. The van der Waals surface area contributed by atoms with Crippen molar-refractivity contribution in [1.82, 2.24) is 4.98 Å². The number of hydrogen-bond donors (Lipinski definition) is 1. The van der Waals surface area contributed by atoms with Crippen LogP contribution >= 0.6 is 0 Å². The number of quaternary nitrogens is 1. The summed E-state index contributed by atoms with van der Waals surface area (Å²) in [6.45, 7) is 0. The second-order valence-electron chi connectivity index (χ2n) is 16.6. The van der Waals surface area contributed by atoms with Crippen LogP contribution in [0.1, 0.15) is 39.8 Å². The van der Waals surface area contributed by atoms with Crippen LogP contribution in [-0.2, 0) is 5.41 Å². The highest BCUT2D eigenvalue weighted by atomic mass is 15.2. The summed E-state index contributed by atoms with van der Waals surface area (Å²) in [7, 11) is 0. The fraction of sp³-hybridized carbons (Fsp3) is 0.0690. The lowest BCUT2D eigenvalue weighted by atomic mass is 9.64. The molecule has 294 valence electrons. The van der Waals surface area contributed by atoms with E-state index in [0.29, 0.717) is 5.92 Å². The minimum absolute atomic E-state index is 0.250. The lowest BCUT2D eigenvalue weighted by Gasteiger charge is -2.45. The van der Waals surface area contributed by atoms with Gasteiger partial charge in [0.15, 0.2) is 0 Å². The Balaban J connectivity index is 0.970. The summed E-state index contributed by atoms with van der Waals surface area (Å²) < 4.78 is 0. The molecule has 0 saturated heterocycles. The molecule has 7 aromatic carbocycles. The summed E-state index contributed by atoms with van der Waals surface area (Å²) in [5, 5.41) is 2.35. The van der Waals surface area contributed by atoms with Crippen molar-refractivity contribution in [2.75, 3.05) is 4.90 Å². The molecule has 0 fully saturated rings. The van der Waals surface area contributed by atoms with E-state index in [-0.39, 0.29) is 6.04 Å². The number of aromatic nitrogens is 1. The van der Waals surface area contributed by atoms with Crippen molar-refractivity contribution in [2.45, 2.75) is 17.9 Å². The smallest absolute Gasteiger partial charge is 0.232 e. The topological polar surface area (TPSA) is 45.1 Å². The third kappa shape index (κ3) is 5.79. The summed E-state index contributed by atoms with van der Waals surface area (Å²) in [6.07, 6.45) is 14.3. The number of anilines is 3. The molecule has 2 aliphatic carbocycles. The van der Waals surface area contributed by atoms with E-state index < -0.39 is 5.41 Å². The zero-order valence-corrected chi connectivity index (χ0v) is 34.1. The van der Waals surface area contributed by atoms with Gasteiger partial charge in [-0.15, -0.1) is 0 Å². The Morgan fingerprint density at radius 3 is 1.84 bits per heavy atom. The van der Waals surface area contributed by atoms with Gasteiger partial charge in [0, 0.05) is 35.0 Å². The maximum atomic E-state index is 5.29. The van der Waals surface area contributed by atoms with Gasteiger partial charge in [0.25, 0.3) is 0 Å². The summed E-state index contributed by atoms with van der Waals surface area (Å²) in [5.74, 6) is 1.43. The highest BCUT2D eigenvalue weighted by Crippen LogP contribution is 2.63. The van der Waals surface area contributed by atoms with E-state index in [0.717, 1.165) is 40.5 Å². The minimum atomic E-state index is -0.564. The van der Waals surface area contributed by atoms with Gasteiger partial charge in [0.05, 0.1) is 33.7 Å². The molecular formula is C58H43N4+. The van der Waals surface area contributed by atoms with Gasteiger partial charge < -0.3 is 4.90 Å². The molecule has 12 rings (SSSR count). The molecule has 0 amide bonds. The van der Waals surface area contributed by atoms with Gasteiger partial charge >= 0.3 is 0 Å². The molecule has 1 aromatic heterocycles. The Bertz CT molecular complexity index is 3110. The fourth-order valence-corrected chi connectivity index (χ4v) is 10.4. The number of benzene rings is 7. The average Bonchev–Trinajstić information content (AvgIpc) is 3.65. The molecule has 8 aromatic rings.